The van der Waals surface area contributed by atoms with Crippen molar-refractivity contribution in [2.75, 3.05) is 29.0 Å². The van der Waals surface area contributed by atoms with Gasteiger partial charge < -0.3 is 21.3 Å². The fourth-order valence-electron chi connectivity index (χ4n) is 2.78. The summed E-state index contributed by atoms with van der Waals surface area (Å²) in [6.45, 7) is 1.77. The summed E-state index contributed by atoms with van der Waals surface area (Å²) in [5, 5.41) is 11.7. The van der Waals surface area contributed by atoms with Crippen LogP contribution in [0.15, 0.2) is 54.6 Å². The van der Waals surface area contributed by atoms with Gasteiger partial charge in [0.25, 0.3) is 0 Å². The second kappa shape index (κ2) is 9.79. The van der Waals surface area contributed by atoms with Gasteiger partial charge in [-0.2, -0.15) is 0 Å². The second-order valence-corrected chi connectivity index (χ2v) is 6.04. The molecule has 3 rings (SSSR count). The van der Waals surface area contributed by atoms with E-state index >= 15 is 0 Å². The molecule has 1 aliphatic rings. The van der Waals surface area contributed by atoms with Crippen LogP contribution >= 0.6 is 12.4 Å². The third-order valence-electron chi connectivity index (χ3n) is 4.15. The first-order chi connectivity index (χ1) is 12.2. The number of para-hydroxylation sites is 1. The number of carbonyl (C=O) groups is 2. The maximum absolute atomic E-state index is 12.2. The predicted octanol–water partition coefficient (Wildman–Crippen LogP) is 3.69. The van der Waals surface area contributed by atoms with Crippen molar-refractivity contribution in [3.63, 3.8) is 0 Å². The average molecular weight is 375 g/mol. The number of nitrogens with one attached hydrogen (secondary N) is 4. The third kappa shape index (κ3) is 5.75. The Kier molecular flexibility index (Phi) is 7.44. The van der Waals surface area contributed by atoms with Crippen LogP contribution in [0.4, 0.5) is 21.9 Å². The molecular formula is C19H23ClN4O2. The summed E-state index contributed by atoms with van der Waals surface area (Å²) < 4.78 is 0. The molecule has 3 amide bonds. The molecule has 0 spiro atoms. The smallest absolute Gasteiger partial charge is 0.323 e. The second-order valence-electron chi connectivity index (χ2n) is 6.04. The molecule has 26 heavy (non-hydrogen) atoms. The Morgan fingerprint density at radius 1 is 0.769 bits per heavy atom. The lowest BCUT2D eigenvalue weighted by atomic mass is 9.97. The summed E-state index contributed by atoms with van der Waals surface area (Å²) in [4.78, 5) is 24.2. The standard InChI is InChI=1S/C19H22N4O2.ClH/c24-18(14-10-12-20-13-11-14)21-16-6-8-17(9-7-16)23-19(25)22-15-4-2-1-3-5-15;/h1-9,14,20H,10-13H2,(H,21,24)(H2,22,23,25);1H. The molecule has 1 saturated heterocycles. The van der Waals surface area contributed by atoms with Gasteiger partial charge in [0.2, 0.25) is 5.91 Å². The molecule has 1 aliphatic heterocycles. The summed E-state index contributed by atoms with van der Waals surface area (Å²) in [7, 11) is 0. The van der Waals surface area contributed by atoms with Crippen molar-refractivity contribution in [1.29, 1.82) is 0 Å². The van der Waals surface area contributed by atoms with Gasteiger partial charge in [0.15, 0.2) is 0 Å². The maximum atomic E-state index is 12.2. The highest BCUT2D eigenvalue weighted by Crippen LogP contribution is 2.18. The van der Waals surface area contributed by atoms with E-state index in [1.807, 2.05) is 30.3 Å². The van der Waals surface area contributed by atoms with E-state index < -0.39 is 0 Å². The van der Waals surface area contributed by atoms with E-state index in [1.54, 1.807) is 24.3 Å². The van der Waals surface area contributed by atoms with E-state index in [1.165, 1.54) is 0 Å². The van der Waals surface area contributed by atoms with Gasteiger partial charge in [-0.05, 0) is 62.3 Å². The number of urea groups is 1. The summed E-state index contributed by atoms with van der Waals surface area (Å²) in [5.74, 6) is 0.125. The molecular weight excluding hydrogens is 352 g/mol. The van der Waals surface area contributed by atoms with E-state index in [-0.39, 0.29) is 30.3 Å². The number of amides is 3. The van der Waals surface area contributed by atoms with Gasteiger partial charge >= 0.3 is 6.03 Å². The number of benzene rings is 2. The van der Waals surface area contributed by atoms with Crippen LogP contribution in [0.3, 0.4) is 0 Å². The molecule has 0 aliphatic carbocycles. The fourth-order valence-corrected chi connectivity index (χ4v) is 2.78. The van der Waals surface area contributed by atoms with E-state index in [0.29, 0.717) is 5.69 Å². The Bertz CT molecular complexity index is 716. The van der Waals surface area contributed by atoms with Gasteiger partial charge in [-0.15, -0.1) is 12.4 Å². The van der Waals surface area contributed by atoms with Crippen molar-refractivity contribution in [3.05, 3.63) is 54.6 Å². The zero-order chi connectivity index (χ0) is 17.5. The third-order valence-corrected chi connectivity index (χ3v) is 4.15. The molecule has 0 bridgehead atoms. The molecule has 1 fully saturated rings. The van der Waals surface area contributed by atoms with Gasteiger partial charge in [-0.1, -0.05) is 18.2 Å². The molecule has 0 unspecified atom stereocenters. The molecule has 0 saturated carbocycles. The molecule has 6 nitrogen and oxygen atoms in total. The lowest BCUT2D eigenvalue weighted by Gasteiger charge is -2.21. The zero-order valence-corrected chi connectivity index (χ0v) is 15.1. The van der Waals surface area contributed by atoms with Crippen LogP contribution < -0.4 is 21.3 Å². The maximum Gasteiger partial charge on any atom is 0.323 e. The minimum absolute atomic E-state index is 0. The van der Waals surface area contributed by atoms with E-state index in [9.17, 15) is 9.59 Å². The number of hydrogen-bond acceptors (Lipinski definition) is 3. The first-order valence-corrected chi connectivity index (χ1v) is 8.45. The SMILES string of the molecule is Cl.O=C(Nc1ccccc1)Nc1ccc(NC(=O)C2CCNCC2)cc1. The molecule has 138 valence electrons. The number of piperidine rings is 1. The number of halogens is 1. The summed E-state index contributed by atoms with van der Waals surface area (Å²) in [5.41, 5.74) is 2.12. The van der Waals surface area contributed by atoms with Crippen LogP contribution in [-0.2, 0) is 4.79 Å². The zero-order valence-electron chi connectivity index (χ0n) is 14.3. The highest BCUT2D eigenvalue weighted by molar-refractivity contribution is 6.00. The molecule has 7 heteroatoms. The van der Waals surface area contributed by atoms with E-state index in [4.69, 9.17) is 0 Å². The summed E-state index contributed by atoms with van der Waals surface area (Å²) in [6, 6.07) is 16.0. The van der Waals surface area contributed by atoms with Crippen LogP contribution in [0.2, 0.25) is 0 Å². The van der Waals surface area contributed by atoms with E-state index in [0.717, 1.165) is 37.3 Å². The monoisotopic (exact) mass is 374 g/mol. The average Bonchev–Trinajstić information content (AvgIpc) is 2.65. The predicted molar refractivity (Wildman–Crippen MR) is 107 cm³/mol. The Balaban J connectivity index is 0.00000243. The quantitative estimate of drug-likeness (QED) is 0.658. The van der Waals surface area contributed by atoms with Gasteiger partial charge in [-0.3, -0.25) is 4.79 Å². The van der Waals surface area contributed by atoms with Crippen molar-refractivity contribution in [1.82, 2.24) is 5.32 Å². The highest BCUT2D eigenvalue weighted by atomic mass is 35.5. The molecule has 4 N–H and O–H groups in total. The topological polar surface area (TPSA) is 82.3 Å². The van der Waals surface area contributed by atoms with Crippen LogP contribution in [0.25, 0.3) is 0 Å². The fraction of sp³-hybridized carbons (Fsp3) is 0.263. The van der Waals surface area contributed by atoms with Crippen molar-refractivity contribution in [2.45, 2.75) is 12.8 Å². The largest absolute Gasteiger partial charge is 0.326 e. The van der Waals surface area contributed by atoms with Crippen LogP contribution in [0.5, 0.6) is 0 Å². The van der Waals surface area contributed by atoms with Crippen LogP contribution in [0, 0.1) is 5.92 Å². The van der Waals surface area contributed by atoms with Gasteiger partial charge in [0.05, 0.1) is 0 Å². The number of carbonyl (C=O) groups excluding carboxylic acids is 2. The Hall–Kier alpha value is -2.57. The Morgan fingerprint density at radius 3 is 1.85 bits per heavy atom. The molecule has 0 aromatic heterocycles. The lowest BCUT2D eigenvalue weighted by molar-refractivity contribution is -0.120. The van der Waals surface area contributed by atoms with Crippen molar-refractivity contribution < 1.29 is 9.59 Å². The Morgan fingerprint density at radius 2 is 1.27 bits per heavy atom. The molecule has 2 aromatic carbocycles. The number of hydrogen-bond donors (Lipinski definition) is 4. The van der Waals surface area contributed by atoms with Gasteiger partial charge in [0.1, 0.15) is 0 Å². The summed E-state index contributed by atoms with van der Waals surface area (Å²) in [6.07, 6.45) is 1.73. The minimum Gasteiger partial charge on any atom is -0.326 e. The van der Waals surface area contributed by atoms with Crippen LogP contribution in [0.1, 0.15) is 12.8 Å². The van der Waals surface area contributed by atoms with Crippen molar-refractivity contribution in [2.24, 2.45) is 5.92 Å². The van der Waals surface area contributed by atoms with Crippen LogP contribution in [-0.4, -0.2) is 25.0 Å². The first-order valence-electron chi connectivity index (χ1n) is 8.45. The van der Waals surface area contributed by atoms with E-state index in [2.05, 4.69) is 21.3 Å². The molecule has 1 heterocycles. The van der Waals surface area contributed by atoms with Gasteiger partial charge in [-0.25, -0.2) is 4.79 Å². The summed E-state index contributed by atoms with van der Waals surface area (Å²) >= 11 is 0. The number of rotatable bonds is 4. The van der Waals surface area contributed by atoms with Crippen molar-refractivity contribution >= 4 is 41.4 Å². The minimum atomic E-state index is -0.308. The first kappa shape index (κ1) is 19.8. The molecule has 2 aromatic rings. The normalized spacial score (nSPS) is 14.0. The highest BCUT2D eigenvalue weighted by Gasteiger charge is 2.20. The van der Waals surface area contributed by atoms with Gasteiger partial charge in [0, 0.05) is 23.0 Å². The van der Waals surface area contributed by atoms with Crippen molar-refractivity contribution in [3.8, 4) is 0 Å². The Labute approximate surface area is 159 Å². The molecule has 0 atom stereocenters. The lowest BCUT2D eigenvalue weighted by Crippen LogP contribution is -2.34. The number of anilines is 3. The molecule has 0 radical (unpaired) electrons.